The topological polar surface area (TPSA) is 29.3 Å². The summed E-state index contributed by atoms with van der Waals surface area (Å²) >= 11 is 0. The van der Waals surface area contributed by atoms with Gasteiger partial charge in [0.05, 0.1) is 0 Å². The van der Waals surface area contributed by atoms with Crippen molar-refractivity contribution >= 4 is 7.85 Å². The highest BCUT2D eigenvalue weighted by Crippen LogP contribution is 2.23. The number of hydrogen-bond donors (Lipinski definition) is 1. The fraction of sp³-hybridized carbons (Fsp3) is 0.700. The van der Waals surface area contributed by atoms with Gasteiger partial charge in [-0.3, -0.25) is 0 Å². The van der Waals surface area contributed by atoms with Gasteiger partial charge < -0.3 is 10.6 Å². The second kappa shape index (κ2) is 9.49. The first-order valence-corrected chi connectivity index (χ1v) is 9.64. The summed E-state index contributed by atoms with van der Waals surface area (Å²) in [6.45, 7) is 5.92. The molecule has 1 unspecified atom stereocenters. The van der Waals surface area contributed by atoms with E-state index in [0.29, 0.717) is 0 Å². The van der Waals surface area contributed by atoms with Crippen LogP contribution in [0.5, 0.6) is 0 Å². The Hall–Kier alpha value is -0.795. The molecule has 3 heteroatoms. The van der Waals surface area contributed by atoms with Gasteiger partial charge in [0.2, 0.25) is 0 Å². The highest BCUT2D eigenvalue weighted by Gasteiger charge is 2.23. The van der Waals surface area contributed by atoms with Crippen LogP contribution in [0.3, 0.4) is 0 Å². The Morgan fingerprint density at radius 3 is 2.48 bits per heavy atom. The lowest BCUT2D eigenvalue weighted by atomic mass is 9.88. The number of hydrogen-bond acceptors (Lipinski definition) is 2. The average Bonchev–Trinajstić information content (AvgIpc) is 2.55. The van der Waals surface area contributed by atoms with Crippen molar-refractivity contribution in [2.75, 3.05) is 19.6 Å². The molecule has 0 aromatic heterocycles. The summed E-state index contributed by atoms with van der Waals surface area (Å²) in [5.74, 6) is 0.863. The molecule has 1 aromatic rings. The zero-order valence-corrected chi connectivity index (χ0v) is 15.3. The molecule has 1 aromatic carbocycles. The predicted octanol–water partition coefficient (Wildman–Crippen LogP) is 3.27. The van der Waals surface area contributed by atoms with E-state index in [0.717, 1.165) is 12.3 Å². The SMILES string of the molecule is BCCCCC(C)(N)CCN1CCC(Cc2ccccc2)CC1. The molecule has 2 nitrogen and oxygen atoms in total. The normalized spacial score (nSPS) is 19.6. The van der Waals surface area contributed by atoms with Crippen LogP contribution in [0.2, 0.25) is 6.32 Å². The second-order valence-electron chi connectivity index (χ2n) is 7.84. The van der Waals surface area contributed by atoms with Crippen molar-refractivity contribution in [3.63, 3.8) is 0 Å². The predicted molar refractivity (Wildman–Crippen MR) is 104 cm³/mol. The maximum atomic E-state index is 6.48. The monoisotopic (exact) mass is 314 g/mol. The molecule has 0 radical (unpaired) electrons. The Bertz CT molecular complexity index is 425. The van der Waals surface area contributed by atoms with Crippen molar-refractivity contribution in [2.24, 2.45) is 11.7 Å². The quantitative estimate of drug-likeness (QED) is 0.560. The number of rotatable bonds is 9. The van der Waals surface area contributed by atoms with E-state index in [1.54, 1.807) is 0 Å². The molecule has 23 heavy (non-hydrogen) atoms. The lowest BCUT2D eigenvalue weighted by molar-refractivity contribution is 0.168. The fourth-order valence-electron chi connectivity index (χ4n) is 3.68. The Balaban J connectivity index is 1.64. The van der Waals surface area contributed by atoms with Gasteiger partial charge in [-0.2, -0.15) is 0 Å². The maximum Gasteiger partial charge on any atom is 0.101 e. The van der Waals surface area contributed by atoms with Crippen LogP contribution in [0.4, 0.5) is 0 Å². The number of nitrogens with zero attached hydrogens (tertiary/aromatic N) is 1. The Morgan fingerprint density at radius 2 is 1.83 bits per heavy atom. The first-order chi connectivity index (χ1) is 11.1. The standard InChI is InChI=1S/C20H35BN2/c1-20(22,11-5-6-13-21)12-16-23-14-9-19(10-15-23)17-18-7-3-2-4-8-18/h2-4,7-8,19H,5-6,9-17,21-22H2,1H3. The van der Waals surface area contributed by atoms with E-state index in [1.807, 2.05) is 0 Å². The fourth-order valence-corrected chi connectivity index (χ4v) is 3.68. The van der Waals surface area contributed by atoms with Crippen LogP contribution < -0.4 is 5.73 Å². The first-order valence-electron chi connectivity index (χ1n) is 9.64. The van der Waals surface area contributed by atoms with E-state index in [-0.39, 0.29) is 5.54 Å². The van der Waals surface area contributed by atoms with Crippen molar-refractivity contribution in [1.82, 2.24) is 4.90 Å². The minimum Gasteiger partial charge on any atom is -0.325 e. The molecule has 0 aliphatic carbocycles. The molecule has 2 N–H and O–H groups in total. The Morgan fingerprint density at radius 1 is 1.13 bits per heavy atom. The summed E-state index contributed by atoms with van der Waals surface area (Å²) in [4.78, 5) is 2.63. The molecule has 0 amide bonds. The minimum absolute atomic E-state index is 0.0239. The van der Waals surface area contributed by atoms with Gasteiger partial charge in [0.1, 0.15) is 7.85 Å². The lowest BCUT2D eigenvalue weighted by Crippen LogP contribution is -2.42. The van der Waals surface area contributed by atoms with Gasteiger partial charge in [-0.1, -0.05) is 49.5 Å². The summed E-state index contributed by atoms with van der Waals surface area (Å²) in [5.41, 5.74) is 8.00. The van der Waals surface area contributed by atoms with Crippen LogP contribution in [0, 0.1) is 5.92 Å². The van der Waals surface area contributed by atoms with Crippen molar-refractivity contribution in [1.29, 1.82) is 0 Å². The molecular formula is C20H35BN2. The molecular weight excluding hydrogens is 279 g/mol. The van der Waals surface area contributed by atoms with Gasteiger partial charge in [-0.15, -0.1) is 0 Å². The number of unbranched alkanes of at least 4 members (excludes halogenated alkanes) is 1. The maximum absolute atomic E-state index is 6.48. The summed E-state index contributed by atoms with van der Waals surface area (Å²) in [7, 11) is 2.26. The largest absolute Gasteiger partial charge is 0.325 e. The van der Waals surface area contributed by atoms with Gasteiger partial charge >= 0.3 is 0 Å². The van der Waals surface area contributed by atoms with Crippen LogP contribution in [0.15, 0.2) is 30.3 Å². The van der Waals surface area contributed by atoms with E-state index >= 15 is 0 Å². The zero-order chi connectivity index (χ0) is 16.5. The van der Waals surface area contributed by atoms with Gasteiger partial charge in [0.15, 0.2) is 0 Å². The third kappa shape index (κ3) is 7.09. The van der Waals surface area contributed by atoms with E-state index in [4.69, 9.17) is 5.73 Å². The number of likely N-dealkylation sites (tertiary alicyclic amines) is 1. The molecule has 1 aliphatic rings. The molecule has 0 spiro atoms. The van der Waals surface area contributed by atoms with Crippen molar-refractivity contribution < 1.29 is 0 Å². The summed E-state index contributed by atoms with van der Waals surface area (Å²) in [6, 6.07) is 11.0. The van der Waals surface area contributed by atoms with Gasteiger partial charge in [0, 0.05) is 5.54 Å². The molecule has 0 bridgehead atoms. The van der Waals surface area contributed by atoms with E-state index < -0.39 is 0 Å². The molecule has 1 aliphatic heterocycles. The number of piperidine rings is 1. The molecule has 0 saturated carbocycles. The van der Waals surface area contributed by atoms with E-state index in [9.17, 15) is 0 Å². The molecule has 1 atom stereocenters. The average molecular weight is 314 g/mol. The van der Waals surface area contributed by atoms with Crippen molar-refractivity contribution in [3.05, 3.63) is 35.9 Å². The van der Waals surface area contributed by atoms with Gasteiger partial charge in [-0.25, -0.2) is 0 Å². The van der Waals surface area contributed by atoms with Crippen LogP contribution in [-0.4, -0.2) is 37.9 Å². The van der Waals surface area contributed by atoms with Crippen molar-refractivity contribution in [3.8, 4) is 0 Å². The second-order valence-corrected chi connectivity index (χ2v) is 7.84. The summed E-state index contributed by atoms with van der Waals surface area (Å²) in [6.07, 6.45) is 10.1. The minimum atomic E-state index is 0.0239. The Kier molecular flexibility index (Phi) is 7.65. The smallest absolute Gasteiger partial charge is 0.101 e. The third-order valence-electron chi connectivity index (χ3n) is 5.42. The summed E-state index contributed by atoms with van der Waals surface area (Å²) in [5, 5.41) is 0. The molecule has 2 rings (SSSR count). The van der Waals surface area contributed by atoms with Crippen LogP contribution in [0.1, 0.15) is 51.0 Å². The van der Waals surface area contributed by atoms with E-state index in [2.05, 4.69) is 50.0 Å². The summed E-state index contributed by atoms with van der Waals surface area (Å²) < 4.78 is 0. The van der Waals surface area contributed by atoms with Gasteiger partial charge in [-0.05, 0) is 70.1 Å². The number of nitrogens with two attached hydrogens (primary N) is 1. The molecule has 128 valence electrons. The highest BCUT2D eigenvalue weighted by atomic mass is 15.1. The van der Waals surface area contributed by atoms with E-state index in [1.165, 1.54) is 70.0 Å². The van der Waals surface area contributed by atoms with Crippen LogP contribution in [-0.2, 0) is 6.42 Å². The number of benzene rings is 1. The zero-order valence-electron chi connectivity index (χ0n) is 15.3. The van der Waals surface area contributed by atoms with Crippen molar-refractivity contribution in [2.45, 2.75) is 63.7 Å². The molecule has 1 saturated heterocycles. The molecule has 1 heterocycles. The highest BCUT2D eigenvalue weighted by molar-refractivity contribution is 6.08. The molecule has 1 fully saturated rings. The first kappa shape index (κ1) is 18.5. The van der Waals surface area contributed by atoms with Crippen LogP contribution >= 0.6 is 0 Å². The van der Waals surface area contributed by atoms with Gasteiger partial charge in [0.25, 0.3) is 0 Å². The van der Waals surface area contributed by atoms with Crippen LogP contribution in [0.25, 0.3) is 0 Å². The lowest BCUT2D eigenvalue weighted by Gasteiger charge is -2.34. The third-order valence-corrected chi connectivity index (χ3v) is 5.42. The Labute approximate surface area is 144 Å².